The fraction of sp³-hybridized carbons (Fsp3) is 0.267. The van der Waals surface area contributed by atoms with Gasteiger partial charge in [0.25, 0.3) is 5.91 Å². The van der Waals surface area contributed by atoms with Gasteiger partial charge < -0.3 is 19.5 Å². The van der Waals surface area contributed by atoms with Gasteiger partial charge >= 0.3 is 0 Å². The van der Waals surface area contributed by atoms with Gasteiger partial charge in [-0.1, -0.05) is 73.7 Å². The molecule has 36 heavy (non-hydrogen) atoms. The van der Waals surface area contributed by atoms with Gasteiger partial charge in [-0.2, -0.15) is 0 Å². The highest BCUT2D eigenvalue weighted by atomic mass is 16.5. The molecular formula is C30H31NO5. The standard InChI is InChI=1S/C30H31NO5/c1-3-18-31-28(27(29(33)30(31)34)24(32)16-14-21-10-6-4-7-11-21)23-15-17-25(26(19-23)35-2)36-20-22-12-8-5-9-13-22/h4-13,15,17,19,28,33H,3,14,16,18,20H2,1-2H3. The first kappa shape index (κ1) is 25.0. The zero-order valence-electron chi connectivity index (χ0n) is 20.6. The van der Waals surface area contributed by atoms with Crippen LogP contribution in [0, 0.1) is 0 Å². The molecule has 0 fully saturated rings. The Kier molecular flexibility index (Phi) is 8.06. The molecule has 1 amide bonds. The summed E-state index contributed by atoms with van der Waals surface area (Å²) >= 11 is 0. The van der Waals surface area contributed by atoms with Crippen LogP contribution in [-0.2, 0) is 22.6 Å². The molecule has 0 radical (unpaired) electrons. The van der Waals surface area contributed by atoms with E-state index in [2.05, 4.69) is 0 Å². The number of aryl methyl sites for hydroxylation is 1. The van der Waals surface area contributed by atoms with Crippen LogP contribution >= 0.6 is 0 Å². The molecule has 0 saturated carbocycles. The second-order valence-corrected chi connectivity index (χ2v) is 8.76. The Hall–Kier alpha value is -4.06. The minimum atomic E-state index is -0.683. The predicted octanol–water partition coefficient (Wildman–Crippen LogP) is 5.58. The van der Waals surface area contributed by atoms with Crippen LogP contribution in [-0.4, -0.2) is 35.4 Å². The highest BCUT2D eigenvalue weighted by Crippen LogP contribution is 2.41. The third kappa shape index (κ3) is 5.43. The molecule has 1 aliphatic rings. The molecule has 0 aliphatic carbocycles. The molecule has 1 heterocycles. The van der Waals surface area contributed by atoms with Crippen LogP contribution in [0.2, 0.25) is 0 Å². The van der Waals surface area contributed by atoms with E-state index in [0.717, 1.165) is 11.1 Å². The number of carbonyl (C=O) groups excluding carboxylic acids is 2. The molecule has 3 aromatic carbocycles. The summed E-state index contributed by atoms with van der Waals surface area (Å²) in [4.78, 5) is 27.9. The second kappa shape index (κ2) is 11.6. The Morgan fingerprint density at radius 2 is 1.61 bits per heavy atom. The lowest BCUT2D eigenvalue weighted by atomic mass is 9.93. The summed E-state index contributed by atoms with van der Waals surface area (Å²) in [5.74, 6) is -0.170. The molecule has 3 aromatic rings. The van der Waals surface area contributed by atoms with Crippen molar-refractivity contribution in [2.24, 2.45) is 0 Å². The van der Waals surface area contributed by atoms with E-state index in [-0.39, 0.29) is 17.8 Å². The van der Waals surface area contributed by atoms with E-state index in [1.807, 2.05) is 73.7 Å². The first-order chi connectivity index (χ1) is 17.5. The quantitative estimate of drug-likeness (QED) is 0.384. The molecule has 0 saturated heterocycles. The van der Waals surface area contributed by atoms with Crippen LogP contribution in [0.4, 0.5) is 0 Å². The lowest BCUT2D eigenvalue weighted by molar-refractivity contribution is -0.129. The van der Waals surface area contributed by atoms with Gasteiger partial charge in [0.2, 0.25) is 0 Å². The summed E-state index contributed by atoms with van der Waals surface area (Å²) in [6.45, 7) is 2.75. The van der Waals surface area contributed by atoms with E-state index >= 15 is 0 Å². The smallest absolute Gasteiger partial charge is 0.290 e. The summed E-state index contributed by atoms with van der Waals surface area (Å²) in [5.41, 5.74) is 2.88. The van der Waals surface area contributed by atoms with E-state index in [1.54, 1.807) is 24.1 Å². The SMILES string of the molecule is CCCN1C(=O)C(O)=C(C(=O)CCc2ccccc2)C1c1ccc(OCc2ccccc2)c(OC)c1. The van der Waals surface area contributed by atoms with Gasteiger partial charge in [-0.15, -0.1) is 0 Å². The van der Waals surface area contributed by atoms with Crippen molar-refractivity contribution in [3.8, 4) is 11.5 Å². The largest absolute Gasteiger partial charge is 0.503 e. The Morgan fingerprint density at radius 3 is 2.25 bits per heavy atom. The van der Waals surface area contributed by atoms with Crippen molar-refractivity contribution < 1.29 is 24.2 Å². The number of methoxy groups -OCH3 is 1. The number of Topliss-reactive ketones (excluding diaryl/α,β-unsaturated/α-hetero) is 1. The fourth-order valence-corrected chi connectivity index (χ4v) is 4.50. The van der Waals surface area contributed by atoms with E-state index in [4.69, 9.17) is 9.47 Å². The van der Waals surface area contributed by atoms with Crippen molar-refractivity contribution in [1.82, 2.24) is 4.90 Å². The summed E-state index contributed by atoms with van der Waals surface area (Å²) in [6, 6.07) is 24.2. The van der Waals surface area contributed by atoms with Crippen LogP contribution in [0.1, 0.15) is 42.5 Å². The van der Waals surface area contributed by atoms with Crippen molar-refractivity contribution in [2.75, 3.05) is 13.7 Å². The Balaban J connectivity index is 1.61. The van der Waals surface area contributed by atoms with E-state index in [9.17, 15) is 14.7 Å². The number of nitrogens with zero attached hydrogens (tertiary/aromatic N) is 1. The number of aliphatic hydroxyl groups is 1. The van der Waals surface area contributed by atoms with E-state index in [0.29, 0.717) is 43.1 Å². The molecule has 4 rings (SSSR count). The van der Waals surface area contributed by atoms with Crippen molar-refractivity contribution in [2.45, 2.75) is 38.8 Å². The van der Waals surface area contributed by atoms with Crippen LogP contribution < -0.4 is 9.47 Å². The van der Waals surface area contributed by atoms with Crippen molar-refractivity contribution in [3.05, 3.63) is 107 Å². The molecule has 0 aromatic heterocycles. The minimum Gasteiger partial charge on any atom is -0.503 e. The molecule has 1 aliphatic heterocycles. The van der Waals surface area contributed by atoms with Crippen molar-refractivity contribution in [1.29, 1.82) is 0 Å². The Bertz CT molecular complexity index is 1240. The van der Waals surface area contributed by atoms with Gasteiger partial charge in [-0.05, 0) is 41.7 Å². The number of benzene rings is 3. The Labute approximate surface area is 211 Å². The molecule has 0 spiro atoms. The van der Waals surface area contributed by atoms with E-state index < -0.39 is 17.7 Å². The van der Waals surface area contributed by atoms with Crippen molar-refractivity contribution >= 4 is 11.7 Å². The zero-order valence-corrected chi connectivity index (χ0v) is 20.6. The van der Waals surface area contributed by atoms with Crippen LogP contribution in [0.25, 0.3) is 0 Å². The number of hydrogen-bond donors (Lipinski definition) is 1. The third-order valence-corrected chi connectivity index (χ3v) is 6.29. The van der Waals surface area contributed by atoms with Crippen LogP contribution in [0.15, 0.2) is 90.2 Å². The fourth-order valence-electron chi connectivity index (χ4n) is 4.50. The number of rotatable bonds is 11. The van der Waals surface area contributed by atoms with E-state index in [1.165, 1.54) is 0 Å². The van der Waals surface area contributed by atoms with Gasteiger partial charge in [-0.25, -0.2) is 0 Å². The van der Waals surface area contributed by atoms with Gasteiger partial charge in [0, 0.05) is 13.0 Å². The lowest BCUT2D eigenvalue weighted by Gasteiger charge is -2.27. The lowest BCUT2D eigenvalue weighted by Crippen LogP contribution is -2.31. The maximum Gasteiger partial charge on any atom is 0.290 e. The first-order valence-electron chi connectivity index (χ1n) is 12.2. The number of ether oxygens (including phenoxy) is 2. The topological polar surface area (TPSA) is 76.1 Å². The average molecular weight is 486 g/mol. The predicted molar refractivity (Wildman–Crippen MR) is 138 cm³/mol. The summed E-state index contributed by atoms with van der Waals surface area (Å²) in [7, 11) is 1.55. The molecule has 1 unspecified atom stereocenters. The normalized spacial score (nSPS) is 15.3. The van der Waals surface area contributed by atoms with Gasteiger partial charge in [-0.3, -0.25) is 9.59 Å². The highest BCUT2D eigenvalue weighted by Gasteiger charge is 2.43. The molecule has 1 atom stereocenters. The maximum atomic E-state index is 13.3. The average Bonchev–Trinajstić information content (AvgIpc) is 3.17. The summed E-state index contributed by atoms with van der Waals surface area (Å²) in [6.07, 6.45) is 1.42. The molecule has 0 bridgehead atoms. The monoisotopic (exact) mass is 485 g/mol. The minimum absolute atomic E-state index is 0.143. The molecule has 6 nitrogen and oxygen atoms in total. The number of amides is 1. The number of carbonyl (C=O) groups is 2. The molecular weight excluding hydrogens is 454 g/mol. The van der Waals surface area contributed by atoms with Crippen LogP contribution in [0.5, 0.6) is 11.5 Å². The van der Waals surface area contributed by atoms with Gasteiger partial charge in [0.1, 0.15) is 6.61 Å². The molecule has 6 heteroatoms. The number of ketones is 1. The zero-order chi connectivity index (χ0) is 25.5. The first-order valence-corrected chi connectivity index (χ1v) is 12.2. The Morgan fingerprint density at radius 1 is 0.944 bits per heavy atom. The number of hydrogen-bond acceptors (Lipinski definition) is 5. The third-order valence-electron chi connectivity index (χ3n) is 6.29. The number of aliphatic hydroxyl groups excluding tert-OH is 1. The van der Waals surface area contributed by atoms with Gasteiger partial charge in [0.15, 0.2) is 23.0 Å². The van der Waals surface area contributed by atoms with Crippen LogP contribution in [0.3, 0.4) is 0 Å². The summed E-state index contributed by atoms with van der Waals surface area (Å²) in [5, 5.41) is 10.8. The molecule has 186 valence electrons. The molecule has 1 N–H and O–H groups in total. The summed E-state index contributed by atoms with van der Waals surface area (Å²) < 4.78 is 11.6. The highest BCUT2D eigenvalue weighted by molar-refractivity contribution is 6.09. The second-order valence-electron chi connectivity index (χ2n) is 8.76. The maximum absolute atomic E-state index is 13.3. The van der Waals surface area contributed by atoms with Gasteiger partial charge in [0.05, 0.1) is 18.7 Å². The van der Waals surface area contributed by atoms with Crippen molar-refractivity contribution in [3.63, 3.8) is 0 Å².